The van der Waals surface area contributed by atoms with Crippen LogP contribution < -0.4 is 23.7 Å². The minimum Gasteiger partial charge on any atom is -0.493 e. The number of hydrogen-bond donors (Lipinski definition) is 5. The number of hydrogen-bond acceptors (Lipinski definition) is 12. The summed E-state index contributed by atoms with van der Waals surface area (Å²) in [5, 5.41) is 41.6. The topological polar surface area (TPSA) is 195 Å². The minimum atomic E-state index is -1.73. The number of aliphatic hydroxyl groups is 3. The van der Waals surface area contributed by atoms with Gasteiger partial charge in [-0.25, -0.2) is 0 Å². The maximum atomic E-state index is 11.8. The van der Waals surface area contributed by atoms with Crippen molar-refractivity contribution >= 4 is 22.8 Å². The van der Waals surface area contributed by atoms with E-state index in [9.17, 15) is 24.9 Å². The number of carboxylic acid groups (broad SMARTS) is 1. The summed E-state index contributed by atoms with van der Waals surface area (Å²) in [4.78, 5) is 25.9. The molecule has 3 aliphatic rings. The smallest absolute Gasteiger partial charge is 0.317 e. The third kappa shape index (κ3) is 5.42. The number of aliphatic hydroxyl groups excluding tert-OH is 3. The van der Waals surface area contributed by atoms with E-state index in [0.717, 1.165) is 27.6 Å². The molecule has 1 saturated heterocycles. The number of methoxy groups -OCH3 is 2. The highest BCUT2D eigenvalue weighted by atomic mass is 16.7. The molecule has 1 fully saturated rings. The third-order valence-corrected chi connectivity index (χ3v) is 8.86. The number of fused-ring (bicyclic) bond motifs is 6. The van der Waals surface area contributed by atoms with Gasteiger partial charge in [-0.2, -0.15) is 0 Å². The van der Waals surface area contributed by atoms with Crippen LogP contribution in [0.3, 0.4) is 0 Å². The lowest BCUT2D eigenvalue weighted by Crippen LogP contribution is -2.60. The Morgan fingerprint density at radius 3 is 2.56 bits per heavy atom. The van der Waals surface area contributed by atoms with Crippen molar-refractivity contribution in [2.24, 2.45) is 0 Å². The summed E-state index contributed by atoms with van der Waals surface area (Å²) in [7, 11) is 3.11. The number of aromatic nitrogens is 1. The number of carbonyl (C=O) groups excluding carboxylic acids is 1. The molecule has 1 aromatic heterocycles. The van der Waals surface area contributed by atoms with E-state index in [1.807, 2.05) is 42.6 Å². The molecule has 0 amide bonds. The Kier molecular flexibility index (Phi) is 8.25. The standard InChI is InChI=1S/C34H33NO13/c1-42-22-8-7-17-20-13-44-23-10-15(46-34-30(41)29(40)28(39)24(47-34)14-45-26(38)11-25(36)37)9-18(19-12-35-21-6-4-3-5-16(19)21)27(23)31(20)48-32(17)33(22)43-2/h3-10,12,20,24,28-31,34-35,39-41H,11,13-14H2,1-2H3,(H,36,37)/t20-,24+,28+,29-,30+,31+,34+/m0/s1. The highest BCUT2D eigenvalue weighted by Gasteiger charge is 2.47. The lowest BCUT2D eigenvalue weighted by atomic mass is 9.85. The van der Waals surface area contributed by atoms with Crippen LogP contribution in [0.2, 0.25) is 0 Å². The van der Waals surface area contributed by atoms with Crippen LogP contribution in [0.25, 0.3) is 22.0 Å². The summed E-state index contributed by atoms with van der Waals surface area (Å²) < 4.78 is 40.9. The molecule has 4 aromatic rings. The van der Waals surface area contributed by atoms with Gasteiger partial charge in [-0.1, -0.05) is 24.3 Å². The maximum Gasteiger partial charge on any atom is 0.317 e. The van der Waals surface area contributed by atoms with E-state index in [-0.39, 0.29) is 18.3 Å². The molecule has 0 unspecified atom stereocenters. The van der Waals surface area contributed by atoms with Crippen molar-refractivity contribution < 1.29 is 63.2 Å². The summed E-state index contributed by atoms with van der Waals surface area (Å²) in [6.07, 6.45) is -7.41. The SMILES string of the molecule is COc1ccc2c(c1OC)O[C@H]1c3c(cc(O[C@@H]4O[C@H](COC(=O)CC(=O)O)[C@@H](O)[C@H](O)[C@H]4O)cc3-c3c[nH]c4ccccc34)OC[C@@H]21. The van der Waals surface area contributed by atoms with E-state index in [1.54, 1.807) is 26.4 Å². The van der Waals surface area contributed by atoms with E-state index in [1.165, 1.54) is 0 Å². The number of carbonyl (C=O) groups is 2. The molecule has 14 heteroatoms. The Balaban J connectivity index is 1.25. The molecule has 0 aliphatic carbocycles. The van der Waals surface area contributed by atoms with Gasteiger partial charge in [0.15, 0.2) is 11.5 Å². The van der Waals surface area contributed by atoms with Crippen molar-refractivity contribution in [3.05, 3.63) is 65.9 Å². The van der Waals surface area contributed by atoms with Crippen LogP contribution in [-0.4, -0.2) is 95.5 Å². The average Bonchev–Trinajstić information content (AvgIpc) is 3.68. The first kappa shape index (κ1) is 31.6. The predicted octanol–water partition coefficient (Wildman–Crippen LogP) is 2.67. The maximum absolute atomic E-state index is 11.8. The molecular formula is C34H33NO13. The summed E-state index contributed by atoms with van der Waals surface area (Å²) in [5.74, 6) is -0.384. The van der Waals surface area contributed by atoms with Crippen LogP contribution in [0.15, 0.2) is 54.7 Å². The van der Waals surface area contributed by atoms with Crippen LogP contribution in [0, 0.1) is 0 Å². The van der Waals surface area contributed by atoms with E-state index < -0.39 is 61.8 Å². The van der Waals surface area contributed by atoms with Crippen molar-refractivity contribution in [3.63, 3.8) is 0 Å². The second-order valence-electron chi connectivity index (χ2n) is 11.7. The van der Waals surface area contributed by atoms with Gasteiger partial charge in [0.1, 0.15) is 55.0 Å². The third-order valence-electron chi connectivity index (χ3n) is 8.86. The van der Waals surface area contributed by atoms with Gasteiger partial charge >= 0.3 is 11.9 Å². The number of ether oxygens (including phenoxy) is 7. The first-order valence-corrected chi connectivity index (χ1v) is 15.2. The molecule has 48 heavy (non-hydrogen) atoms. The number of para-hydroxylation sites is 1. The van der Waals surface area contributed by atoms with Gasteiger partial charge in [0.25, 0.3) is 0 Å². The molecular weight excluding hydrogens is 630 g/mol. The van der Waals surface area contributed by atoms with E-state index in [0.29, 0.717) is 28.6 Å². The molecule has 3 aliphatic heterocycles. The normalized spacial score (nSPS) is 25.6. The quantitative estimate of drug-likeness (QED) is 0.130. The van der Waals surface area contributed by atoms with Crippen molar-refractivity contribution in [3.8, 4) is 39.9 Å². The predicted molar refractivity (Wildman–Crippen MR) is 165 cm³/mol. The van der Waals surface area contributed by atoms with Gasteiger partial charge in [-0.05, 0) is 23.8 Å². The number of carboxylic acids is 1. The molecule has 3 aromatic carbocycles. The Bertz CT molecular complexity index is 1870. The highest BCUT2D eigenvalue weighted by Crippen LogP contribution is 2.58. The van der Waals surface area contributed by atoms with Crippen LogP contribution in [-0.2, 0) is 19.1 Å². The number of benzene rings is 3. The minimum absolute atomic E-state index is 0.173. The summed E-state index contributed by atoms with van der Waals surface area (Å²) in [5.41, 5.74) is 4.09. The van der Waals surface area contributed by atoms with Crippen LogP contribution in [0.4, 0.5) is 0 Å². The van der Waals surface area contributed by atoms with E-state index in [2.05, 4.69) is 4.98 Å². The molecule has 0 saturated carbocycles. The fourth-order valence-electron chi connectivity index (χ4n) is 6.55. The molecule has 0 bridgehead atoms. The van der Waals surface area contributed by atoms with Gasteiger partial charge in [-0.3, -0.25) is 9.59 Å². The Hall–Kier alpha value is -5.02. The monoisotopic (exact) mass is 663 g/mol. The fraction of sp³-hybridized carbons (Fsp3) is 0.353. The summed E-state index contributed by atoms with van der Waals surface area (Å²) in [6, 6.07) is 14.9. The molecule has 5 N–H and O–H groups in total. The summed E-state index contributed by atoms with van der Waals surface area (Å²) >= 11 is 0. The Morgan fingerprint density at radius 2 is 1.79 bits per heavy atom. The molecule has 252 valence electrons. The highest BCUT2D eigenvalue weighted by molar-refractivity contribution is 5.97. The summed E-state index contributed by atoms with van der Waals surface area (Å²) in [6.45, 7) is -0.311. The van der Waals surface area contributed by atoms with Crippen LogP contribution in [0.1, 0.15) is 29.6 Å². The Labute approximate surface area is 273 Å². The van der Waals surface area contributed by atoms with Gasteiger partial charge in [0.2, 0.25) is 12.0 Å². The zero-order chi connectivity index (χ0) is 33.7. The molecule has 7 atom stereocenters. The number of esters is 1. The van der Waals surface area contributed by atoms with Crippen LogP contribution >= 0.6 is 0 Å². The first-order valence-electron chi connectivity index (χ1n) is 15.2. The number of aromatic amines is 1. The fourth-order valence-corrected chi connectivity index (χ4v) is 6.55. The van der Waals surface area contributed by atoms with Crippen molar-refractivity contribution in [1.29, 1.82) is 0 Å². The van der Waals surface area contributed by atoms with E-state index >= 15 is 0 Å². The first-order chi connectivity index (χ1) is 23.2. The molecule has 7 rings (SSSR count). The number of rotatable bonds is 9. The zero-order valence-electron chi connectivity index (χ0n) is 25.8. The average molecular weight is 664 g/mol. The van der Waals surface area contributed by atoms with Crippen molar-refractivity contribution in [2.45, 2.75) is 49.1 Å². The van der Waals surface area contributed by atoms with Gasteiger partial charge in [0.05, 0.1) is 26.7 Å². The number of nitrogens with one attached hydrogen (secondary N) is 1. The second kappa shape index (κ2) is 12.5. The largest absolute Gasteiger partial charge is 0.493 e. The lowest BCUT2D eigenvalue weighted by molar-refractivity contribution is -0.278. The van der Waals surface area contributed by atoms with Crippen LogP contribution in [0.5, 0.6) is 28.7 Å². The van der Waals surface area contributed by atoms with Crippen molar-refractivity contribution in [1.82, 2.24) is 4.98 Å². The lowest BCUT2D eigenvalue weighted by Gasteiger charge is -2.40. The second-order valence-corrected chi connectivity index (χ2v) is 11.7. The van der Waals surface area contributed by atoms with Crippen molar-refractivity contribution in [2.75, 3.05) is 27.4 Å². The number of H-pyrrole nitrogens is 1. The van der Waals surface area contributed by atoms with Gasteiger partial charge in [0, 0.05) is 39.9 Å². The van der Waals surface area contributed by atoms with Gasteiger partial charge in [-0.15, -0.1) is 0 Å². The van der Waals surface area contributed by atoms with E-state index in [4.69, 9.17) is 38.3 Å². The molecule has 14 nitrogen and oxygen atoms in total. The molecule has 0 spiro atoms. The molecule has 0 radical (unpaired) electrons. The van der Waals surface area contributed by atoms with Gasteiger partial charge < -0.3 is 58.6 Å². The zero-order valence-corrected chi connectivity index (χ0v) is 25.8. The Morgan fingerprint density at radius 1 is 0.979 bits per heavy atom. The number of aliphatic carboxylic acids is 1. The molecule has 4 heterocycles.